The predicted octanol–water partition coefficient (Wildman–Crippen LogP) is 2.85. The molecule has 8 heteroatoms. The highest BCUT2D eigenvalue weighted by atomic mass is 79.9. The highest BCUT2D eigenvalue weighted by Gasteiger charge is 2.19. The molecule has 0 radical (unpaired) electrons. The van der Waals surface area contributed by atoms with Crippen molar-refractivity contribution >= 4 is 43.4 Å². The van der Waals surface area contributed by atoms with E-state index in [9.17, 15) is 12.8 Å². The molecule has 1 rings (SSSR count). The van der Waals surface area contributed by atoms with Crippen LogP contribution in [0.4, 0.5) is 10.1 Å². The molecular formula is C9H11BrClFN2O2S. The Hall–Kier alpha value is -0.370. The van der Waals surface area contributed by atoms with Crippen molar-refractivity contribution in [3.63, 3.8) is 0 Å². The van der Waals surface area contributed by atoms with Gasteiger partial charge in [-0.3, -0.25) is 4.72 Å². The largest absolute Gasteiger partial charge is 0.301 e. The van der Waals surface area contributed by atoms with Gasteiger partial charge in [0.25, 0.3) is 0 Å². The molecule has 0 saturated carbocycles. The minimum Gasteiger partial charge on any atom is -0.268 e. The molecule has 1 aromatic rings. The van der Waals surface area contributed by atoms with Crippen molar-refractivity contribution in [2.45, 2.75) is 6.92 Å². The molecule has 1 aromatic carbocycles. The van der Waals surface area contributed by atoms with Crippen LogP contribution in [-0.4, -0.2) is 26.3 Å². The Morgan fingerprint density at radius 1 is 1.53 bits per heavy atom. The van der Waals surface area contributed by atoms with Gasteiger partial charge in [-0.2, -0.15) is 12.7 Å². The molecule has 0 amide bonds. The van der Waals surface area contributed by atoms with Crippen molar-refractivity contribution in [3.8, 4) is 0 Å². The van der Waals surface area contributed by atoms with Gasteiger partial charge >= 0.3 is 10.2 Å². The van der Waals surface area contributed by atoms with Crippen molar-refractivity contribution in [1.82, 2.24) is 4.31 Å². The Balaban J connectivity index is 3.12. The Bertz CT molecular complexity index is 524. The summed E-state index contributed by atoms with van der Waals surface area (Å²) in [4.78, 5) is 0. The molecule has 1 N–H and O–H groups in total. The van der Waals surface area contributed by atoms with E-state index in [4.69, 9.17) is 11.6 Å². The summed E-state index contributed by atoms with van der Waals surface area (Å²) < 4.78 is 40.3. The third kappa shape index (κ3) is 3.54. The molecule has 0 spiro atoms. The number of nitrogens with zero attached hydrogens (tertiary/aromatic N) is 1. The smallest absolute Gasteiger partial charge is 0.268 e. The maximum atomic E-state index is 13.6. The van der Waals surface area contributed by atoms with Gasteiger partial charge in [0.1, 0.15) is 0 Å². The van der Waals surface area contributed by atoms with E-state index < -0.39 is 16.0 Å². The Labute approximate surface area is 113 Å². The van der Waals surface area contributed by atoms with E-state index >= 15 is 0 Å². The van der Waals surface area contributed by atoms with E-state index in [-0.39, 0.29) is 21.7 Å². The quantitative estimate of drug-likeness (QED) is 0.853. The third-order valence-corrected chi connectivity index (χ3v) is 4.44. The first-order chi connectivity index (χ1) is 7.77. The standard InChI is InChI=1S/C9H11BrClFN2O2S/c1-3-14(2)17(15,16)13-8-5-6(11)4-7(10)9(8)12/h4-5,13H,3H2,1-2H3. The zero-order valence-corrected chi connectivity index (χ0v) is 12.3. The van der Waals surface area contributed by atoms with Gasteiger partial charge < -0.3 is 0 Å². The number of nitrogens with one attached hydrogen (secondary N) is 1. The summed E-state index contributed by atoms with van der Waals surface area (Å²) >= 11 is 8.67. The number of hydrogen-bond donors (Lipinski definition) is 1. The second-order valence-corrected chi connectivity index (χ2v) is 6.34. The van der Waals surface area contributed by atoms with Gasteiger partial charge in [-0.15, -0.1) is 0 Å². The zero-order chi connectivity index (χ0) is 13.2. The SMILES string of the molecule is CCN(C)S(=O)(=O)Nc1cc(Cl)cc(Br)c1F. The van der Waals surface area contributed by atoms with E-state index in [1.54, 1.807) is 6.92 Å². The number of hydrogen-bond acceptors (Lipinski definition) is 2. The van der Waals surface area contributed by atoms with Gasteiger partial charge in [0.05, 0.1) is 10.2 Å². The molecule has 4 nitrogen and oxygen atoms in total. The topological polar surface area (TPSA) is 49.4 Å². The van der Waals surface area contributed by atoms with Gasteiger partial charge in [0.2, 0.25) is 0 Å². The highest BCUT2D eigenvalue weighted by Crippen LogP contribution is 2.28. The molecule has 0 atom stereocenters. The second-order valence-electron chi connectivity index (χ2n) is 3.27. The monoisotopic (exact) mass is 344 g/mol. The van der Waals surface area contributed by atoms with Crippen molar-refractivity contribution < 1.29 is 12.8 Å². The van der Waals surface area contributed by atoms with E-state index in [2.05, 4.69) is 20.7 Å². The molecule has 96 valence electrons. The summed E-state index contributed by atoms with van der Waals surface area (Å²) in [5.41, 5.74) is -0.190. The molecule has 0 aliphatic heterocycles. The fourth-order valence-electron chi connectivity index (χ4n) is 1.02. The zero-order valence-electron chi connectivity index (χ0n) is 9.17. The highest BCUT2D eigenvalue weighted by molar-refractivity contribution is 9.10. The Morgan fingerprint density at radius 3 is 2.65 bits per heavy atom. The van der Waals surface area contributed by atoms with Crippen LogP contribution in [0.2, 0.25) is 5.02 Å². The van der Waals surface area contributed by atoms with Gasteiger partial charge in [-0.1, -0.05) is 18.5 Å². The lowest BCUT2D eigenvalue weighted by Crippen LogP contribution is -2.32. The van der Waals surface area contributed by atoms with Gasteiger partial charge in [0.15, 0.2) is 5.82 Å². The van der Waals surface area contributed by atoms with Gasteiger partial charge in [-0.25, -0.2) is 4.39 Å². The van der Waals surface area contributed by atoms with Gasteiger partial charge in [-0.05, 0) is 28.1 Å². The average molecular weight is 346 g/mol. The van der Waals surface area contributed by atoms with E-state index in [0.29, 0.717) is 0 Å². The Morgan fingerprint density at radius 2 is 2.12 bits per heavy atom. The maximum Gasteiger partial charge on any atom is 0.301 e. The first-order valence-electron chi connectivity index (χ1n) is 4.66. The molecule has 17 heavy (non-hydrogen) atoms. The van der Waals surface area contributed by atoms with Crippen molar-refractivity contribution in [2.75, 3.05) is 18.3 Å². The minimum absolute atomic E-state index is 0.0989. The molecule has 0 saturated heterocycles. The number of rotatable bonds is 4. The third-order valence-electron chi connectivity index (χ3n) is 2.09. The molecule has 0 fully saturated rings. The first kappa shape index (κ1) is 14.7. The lowest BCUT2D eigenvalue weighted by atomic mass is 10.3. The summed E-state index contributed by atoms with van der Waals surface area (Å²) in [5.74, 6) is -0.706. The van der Waals surface area contributed by atoms with Crippen LogP contribution in [-0.2, 0) is 10.2 Å². The molecule has 0 aromatic heterocycles. The van der Waals surface area contributed by atoms with Crippen LogP contribution < -0.4 is 4.72 Å². The summed E-state index contributed by atoms with van der Waals surface area (Å²) in [5, 5.41) is 0.232. The first-order valence-corrected chi connectivity index (χ1v) is 7.27. The minimum atomic E-state index is -3.76. The summed E-state index contributed by atoms with van der Waals surface area (Å²) in [6, 6.07) is 2.56. The lowest BCUT2D eigenvalue weighted by Gasteiger charge is -2.17. The summed E-state index contributed by atoms with van der Waals surface area (Å²) in [6.07, 6.45) is 0. The molecule has 0 unspecified atom stereocenters. The fourth-order valence-corrected chi connectivity index (χ4v) is 2.75. The normalized spacial score (nSPS) is 11.9. The van der Waals surface area contributed by atoms with Crippen molar-refractivity contribution in [3.05, 3.63) is 27.4 Å². The molecule has 0 aliphatic carbocycles. The lowest BCUT2D eigenvalue weighted by molar-refractivity contribution is 0.491. The van der Waals surface area contributed by atoms with Crippen molar-refractivity contribution in [2.24, 2.45) is 0 Å². The van der Waals surface area contributed by atoms with E-state index in [1.807, 2.05) is 0 Å². The second kappa shape index (κ2) is 5.51. The number of halogens is 3. The van der Waals surface area contributed by atoms with Crippen LogP contribution in [0.15, 0.2) is 16.6 Å². The molecule has 0 heterocycles. The van der Waals surface area contributed by atoms with Crippen LogP contribution >= 0.6 is 27.5 Å². The molecular weight excluding hydrogens is 335 g/mol. The Kier molecular flexibility index (Phi) is 4.77. The van der Waals surface area contributed by atoms with Crippen LogP contribution in [0.3, 0.4) is 0 Å². The number of benzene rings is 1. The predicted molar refractivity (Wildman–Crippen MR) is 70.0 cm³/mol. The maximum absolute atomic E-state index is 13.6. The van der Waals surface area contributed by atoms with Crippen LogP contribution in [0.1, 0.15) is 6.92 Å². The number of anilines is 1. The van der Waals surface area contributed by atoms with Crippen LogP contribution in [0, 0.1) is 5.82 Å². The molecule has 0 aliphatic rings. The molecule has 0 bridgehead atoms. The summed E-state index contributed by atoms with van der Waals surface area (Å²) in [6.45, 7) is 1.95. The van der Waals surface area contributed by atoms with E-state index in [0.717, 1.165) is 4.31 Å². The average Bonchev–Trinajstić information content (AvgIpc) is 2.23. The van der Waals surface area contributed by atoms with Gasteiger partial charge in [0, 0.05) is 18.6 Å². The van der Waals surface area contributed by atoms with E-state index in [1.165, 1.54) is 19.2 Å². The fraction of sp³-hybridized carbons (Fsp3) is 0.333. The summed E-state index contributed by atoms with van der Waals surface area (Å²) in [7, 11) is -2.37. The van der Waals surface area contributed by atoms with Crippen LogP contribution in [0.5, 0.6) is 0 Å². The van der Waals surface area contributed by atoms with Crippen molar-refractivity contribution in [1.29, 1.82) is 0 Å². The van der Waals surface area contributed by atoms with Crippen LogP contribution in [0.25, 0.3) is 0 Å².